The molecular formula is C14H20F2N2O. The van der Waals surface area contributed by atoms with Crippen LogP contribution in [0.3, 0.4) is 0 Å². The van der Waals surface area contributed by atoms with E-state index in [-0.39, 0.29) is 12.1 Å². The highest BCUT2D eigenvalue weighted by molar-refractivity contribution is 5.24. The molecule has 0 aliphatic carbocycles. The van der Waals surface area contributed by atoms with Gasteiger partial charge in [0.2, 0.25) is 0 Å². The van der Waals surface area contributed by atoms with Crippen LogP contribution in [-0.2, 0) is 4.74 Å². The minimum Gasteiger partial charge on any atom is -0.383 e. The number of benzene rings is 1. The van der Waals surface area contributed by atoms with Gasteiger partial charge in [0.15, 0.2) is 11.6 Å². The van der Waals surface area contributed by atoms with Gasteiger partial charge in [0, 0.05) is 25.3 Å². The molecule has 0 aromatic heterocycles. The molecule has 2 atom stereocenters. The number of piperidine rings is 1. The minimum atomic E-state index is -0.818. The fraction of sp³-hybridized carbons (Fsp3) is 0.571. The van der Waals surface area contributed by atoms with Crippen LogP contribution in [0.1, 0.15) is 24.4 Å². The van der Waals surface area contributed by atoms with Crippen LogP contribution in [0.2, 0.25) is 0 Å². The molecule has 0 spiro atoms. The Balaban J connectivity index is 2.28. The van der Waals surface area contributed by atoms with Gasteiger partial charge in [0.25, 0.3) is 0 Å². The van der Waals surface area contributed by atoms with Crippen molar-refractivity contribution in [2.45, 2.75) is 24.9 Å². The number of halogens is 2. The molecule has 2 N–H and O–H groups in total. The zero-order valence-electron chi connectivity index (χ0n) is 11.1. The summed E-state index contributed by atoms with van der Waals surface area (Å²) in [7, 11) is 1.63. The second kappa shape index (κ2) is 6.41. The summed E-state index contributed by atoms with van der Waals surface area (Å²) in [6.07, 6.45) is 1.79. The first-order chi connectivity index (χ1) is 9.15. The molecule has 1 aliphatic rings. The second-order valence-electron chi connectivity index (χ2n) is 4.92. The number of hydrogen-bond acceptors (Lipinski definition) is 3. The van der Waals surface area contributed by atoms with E-state index in [9.17, 15) is 8.78 Å². The number of hydrogen-bond donors (Lipinski definition) is 1. The SMILES string of the molecule is COCCN1CCCC(N)C1c1cccc(F)c1F. The van der Waals surface area contributed by atoms with E-state index in [1.807, 2.05) is 0 Å². The lowest BCUT2D eigenvalue weighted by molar-refractivity contribution is 0.0827. The summed E-state index contributed by atoms with van der Waals surface area (Å²) in [5, 5.41) is 0. The Kier molecular flexibility index (Phi) is 4.85. The molecule has 2 rings (SSSR count). The summed E-state index contributed by atoms with van der Waals surface area (Å²) >= 11 is 0. The topological polar surface area (TPSA) is 38.5 Å². The van der Waals surface area contributed by atoms with Gasteiger partial charge in [-0.3, -0.25) is 4.90 Å². The number of methoxy groups -OCH3 is 1. The summed E-state index contributed by atoms with van der Waals surface area (Å²) in [6, 6.07) is 3.83. The van der Waals surface area contributed by atoms with Crippen LogP contribution in [0.15, 0.2) is 18.2 Å². The van der Waals surface area contributed by atoms with Gasteiger partial charge < -0.3 is 10.5 Å². The monoisotopic (exact) mass is 270 g/mol. The molecule has 2 unspecified atom stereocenters. The van der Waals surface area contributed by atoms with Crippen LogP contribution in [0.25, 0.3) is 0 Å². The van der Waals surface area contributed by atoms with Crippen molar-refractivity contribution >= 4 is 0 Å². The normalized spacial score (nSPS) is 24.6. The van der Waals surface area contributed by atoms with Crippen molar-refractivity contribution in [1.29, 1.82) is 0 Å². The molecule has 1 aliphatic heterocycles. The van der Waals surface area contributed by atoms with E-state index >= 15 is 0 Å². The molecule has 0 amide bonds. The Bertz CT molecular complexity index is 428. The Labute approximate surface area is 112 Å². The first-order valence-electron chi connectivity index (χ1n) is 6.57. The summed E-state index contributed by atoms with van der Waals surface area (Å²) in [6.45, 7) is 2.06. The van der Waals surface area contributed by atoms with Crippen molar-refractivity contribution in [2.75, 3.05) is 26.8 Å². The summed E-state index contributed by atoms with van der Waals surface area (Å²) in [5.74, 6) is -1.60. The smallest absolute Gasteiger partial charge is 0.163 e. The quantitative estimate of drug-likeness (QED) is 0.910. The number of likely N-dealkylation sites (tertiary alicyclic amines) is 1. The van der Waals surface area contributed by atoms with Crippen LogP contribution < -0.4 is 5.73 Å². The Morgan fingerprint density at radius 2 is 2.21 bits per heavy atom. The Morgan fingerprint density at radius 3 is 2.95 bits per heavy atom. The van der Waals surface area contributed by atoms with Crippen LogP contribution >= 0.6 is 0 Å². The molecule has 1 aromatic rings. The number of nitrogens with zero attached hydrogens (tertiary/aromatic N) is 1. The van der Waals surface area contributed by atoms with Gasteiger partial charge in [-0.2, -0.15) is 0 Å². The highest BCUT2D eigenvalue weighted by Gasteiger charge is 2.32. The fourth-order valence-corrected chi connectivity index (χ4v) is 2.73. The zero-order valence-corrected chi connectivity index (χ0v) is 11.1. The summed E-state index contributed by atoms with van der Waals surface area (Å²) in [4.78, 5) is 2.08. The van der Waals surface area contributed by atoms with Crippen molar-refractivity contribution in [3.63, 3.8) is 0 Å². The van der Waals surface area contributed by atoms with Crippen LogP contribution in [0.4, 0.5) is 8.78 Å². The van der Waals surface area contributed by atoms with Crippen LogP contribution in [0.5, 0.6) is 0 Å². The van der Waals surface area contributed by atoms with Crippen LogP contribution in [0, 0.1) is 11.6 Å². The number of rotatable bonds is 4. The molecule has 5 heteroatoms. The van der Waals surface area contributed by atoms with Crippen molar-refractivity contribution < 1.29 is 13.5 Å². The van der Waals surface area contributed by atoms with Gasteiger partial charge in [-0.05, 0) is 25.5 Å². The molecule has 0 radical (unpaired) electrons. The van der Waals surface area contributed by atoms with E-state index in [1.54, 1.807) is 13.2 Å². The maximum absolute atomic E-state index is 14.0. The minimum absolute atomic E-state index is 0.179. The zero-order chi connectivity index (χ0) is 13.8. The molecule has 0 saturated carbocycles. The number of ether oxygens (including phenoxy) is 1. The molecule has 0 bridgehead atoms. The van der Waals surface area contributed by atoms with E-state index in [4.69, 9.17) is 10.5 Å². The number of nitrogens with two attached hydrogens (primary N) is 1. The van der Waals surface area contributed by atoms with E-state index in [0.29, 0.717) is 18.7 Å². The van der Waals surface area contributed by atoms with Gasteiger partial charge >= 0.3 is 0 Å². The molecule has 1 fully saturated rings. The first-order valence-corrected chi connectivity index (χ1v) is 6.57. The highest BCUT2D eigenvalue weighted by atomic mass is 19.2. The van der Waals surface area contributed by atoms with E-state index < -0.39 is 11.6 Å². The lowest BCUT2D eigenvalue weighted by atomic mass is 9.90. The average Bonchev–Trinajstić information content (AvgIpc) is 2.40. The fourth-order valence-electron chi connectivity index (χ4n) is 2.73. The van der Waals surface area contributed by atoms with E-state index in [0.717, 1.165) is 25.5 Å². The third-order valence-electron chi connectivity index (χ3n) is 3.66. The Hall–Kier alpha value is -1.04. The molecule has 1 aromatic carbocycles. The van der Waals surface area contributed by atoms with Crippen molar-refractivity contribution in [3.8, 4) is 0 Å². The molecule has 19 heavy (non-hydrogen) atoms. The summed E-state index contributed by atoms with van der Waals surface area (Å²) < 4.78 is 32.4. The molecular weight excluding hydrogens is 250 g/mol. The van der Waals surface area contributed by atoms with Crippen molar-refractivity contribution in [1.82, 2.24) is 4.90 Å². The van der Waals surface area contributed by atoms with Gasteiger partial charge in [-0.1, -0.05) is 12.1 Å². The van der Waals surface area contributed by atoms with Crippen molar-refractivity contribution in [3.05, 3.63) is 35.4 Å². The lowest BCUT2D eigenvalue weighted by Crippen LogP contribution is -2.47. The maximum Gasteiger partial charge on any atom is 0.163 e. The van der Waals surface area contributed by atoms with E-state index in [2.05, 4.69) is 4.90 Å². The van der Waals surface area contributed by atoms with E-state index in [1.165, 1.54) is 6.07 Å². The van der Waals surface area contributed by atoms with Crippen molar-refractivity contribution in [2.24, 2.45) is 5.73 Å². The van der Waals surface area contributed by atoms with Gasteiger partial charge in [-0.25, -0.2) is 8.78 Å². The molecule has 106 valence electrons. The predicted octanol–water partition coefficient (Wildman–Crippen LogP) is 2.08. The van der Waals surface area contributed by atoms with Gasteiger partial charge in [-0.15, -0.1) is 0 Å². The molecule has 1 heterocycles. The highest BCUT2D eigenvalue weighted by Crippen LogP contribution is 2.32. The third kappa shape index (κ3) is 3.11. The molecule has 1 saturated heterocycles. The van der Waals surface area contributed by atoms with Gasteiger partial charge in [0.1, 0.15) is 0 Å². The standard InChI is InChI=1S/C14H20F2N2O/c1-19-9-8-18-7-3-6-12(17)14(18)10-4-2-5-11(15)13(10)16/h2,4-5,12,14H,3,6-9,17H2,1H3. The third-order valence-corrected chi connectivity index (χ3v) is 3.66. The average molecular weight is 270 g/mol. The molecule has 3 nitrogen and oxygen atoms in total. The van der Waals surface area contributed by atoms with Gasteiger partial charge in [0.05, 0.1) is 12.6 Å². The maximum atomic E-state index is 14.0. The van der Waals surface area contributed by atoms with Crippen LogP contribution in [-0.4, -0.2) is 37.7 Å². The first kappa shape index (κ1) is 14.4. The second-order valence-corrected chi connectivity index (χ2v) is 4.92. The largest absolute Gasteiger partial charge is 0.383 e. The lowest BCUT2D eigenvalue weighted by Gasteiger charge is -2.40. The summed E-state index contributed by atoms with van der Waals surface area (Å²) in [5.41, 5.74) is 6.47. The predicted molar refractivity (Wildman–Crippen MR) is 69.8 cm³/mol. The Morgan fingerprint density at radius 1 is 1.42 bits per heavy atom.